The van der Waals surface area contributed by atoms with Crippen LogP contribution in [0.25, 0.3) is 16.8 Å². The van der Waals surface area contributed by atoms with E-state index >= 15 is 0 Å². The van der Waals surface area contributed by atoms with Crippen LogP contribution in [0.5, 0.6) is 23.0 Å². The molecule has 0 bridgehead atoms. The Hall–Kier alpha value is -4.99. The van der Waals surface area contributed by atoms with Gasteiger partial charge in [-0.15, -0.1) is 0 Å². The molecule has 3 aromatic carbocycles. The Morgan fingerprint density at radius 2 is 1.53 bits per heavy atom. The van der Waals surface area contributed by atoms with E-state index in [1.807, 2.05) is 0 Å². The summed E-state index contributed by atoms with van der Waals surface area (Å²) in [5, 5.41) is 11.6. The van der Waals surface area contributed by atoms with Gasteiger partial charge in [0.15, 0.2) is 0 Å². The third-order valence-electron chi connectivity index (χ3n) is 6.42. The van der Waals surface area contributed by atoms with Crippen LogP contribution in [0.4, 0.5) is 5.95 Å². The Morgan fingerprint density at radius 1 is 0.868 bits per heavy atom. The fourth-order valence-corrected chi connectivity index (χ4v) is 4.61. The minimum absolute atomic E-state index is 0.134. The van der Waals surface area contributed by atoms with Crippen molar-refractivity contribution in [1.82, 2.24) is 9.97 Å². The summed E-state index contributed by atoms with van der Waals surface area (Å²) in [5.41, 5.74) is 1.70. The van der Waals surface area contributed by atoms with Crippen molar-refractivity contribution in [2.24, 2.45) is 0 Å². The van der Waals surface area contributed by atoms with Crippen LogP contribution in [0, 0.1) is 0 Å². The van der Waals surface area contributed by atoms with E-state index in [1.54, 1.807) is 67.8 Å². The monoisotopic (exact) mass is 515 g/mol. The number of ketones is 1. The number of anilines is 1. The minimum Gasteiger partial charge on any atom is -0.506 e. The van der Waals surface area contributed by atoms with Gasteiger partial charge in [-0.3, -0.25) is 14.5 Å². The van der Waals surface area contributed by atoms with Crippen LogP contribution >= 0.6 is 0 Å². The molecule has 194 valence electrons. The number of nitrogens with zero attached hydrogens (tertiary/aromatic N) is 2. The van der Waals surface area contributed by atoms with Crippen LogP contribution in [-0.4, -0.2) is 55.2 Å². The number of methoxy groups -OCH3 is 4. The first-order valence-electron chi connectivity index (χ1n) is 11.6. The van der Waals surface area contributed by atoms with Crippen LogP contribution in [0.2, 0.25) is 0 Å². The average molecular weight is 516 g/mol. The molecule has 1 fully saturated rings. The van der Waals surface area contributed by atoms with E-state index in [0.717, 1.165) is 0 Å². The predicted molar refractivity (Wildman–Crippen MR) is 140 cm³/mol. The van der Waals surface area contributed by atoms with Gasteiger partial charge in [-0.1, -0.05) is 18.2 Å². The summed E-state index contributed by atoms with van der Waals surface area (Å²) < 4.78 is 21.6. The highest BCUT2D eigenvalue weighted by Gasteiger charge is 2.48. The van der Waals surface area contributed by atoms with Crippen LogP contribution < -0.4 is 23.8 Å². The molecule has 0 spiro atoms. The van der Waals surface area contributed by atoms with Crippen molar-refractivity contribution in [3.63, 3.8) is 0 Å². The highest BCUT2D eigenvalue weighted by atomic mass is 16.5. The lowest BCUT2D eigenvalue weighted by molar-refractivity contribution is -0.132. The second-order valence-electron chi connectivity index (χ2n) is 8.43. The molecule has 2 N–H and O–H groups in total. The van der Waals surface area contributed by atoms with E-state index in [4.69, 9.17) is 18.9 Å². The average Bonchev–Trinajstić information content (AvgIpc) is 3.49. The van der Waals surface area contributed by atoms with Crippen molar-refractivity contribution in [2.75, 3.05) is 33.3 Å². The number of aliphatic hydroxyl groups excluding tert-OH is 1. The molecular weight excluding hydrogens is 490 g/mol. The molecule has 10 nitrogen and oxygen atoms in total. The molecule has 1 aliphatic heterocycles. The largest absolute Gasteiger partial charge is 0.506 e. The first-order valence-corrected chi connectivity index (χ1v) is 11.6. The molecular formula is C28H25N3O7. The van der Waals surface area contributed by atoms with Gasteiger partial charge in [-0.2, -0.15) is 0 Å². The van der Waals surface area contributed by atoms with Gasteiger partial charge in [-0.05, 0) is 42.0 Å². The van der Waals surface area contributed by atoms with Crippen LogP contribution in [0.15, 0.2) is 66.2 Å². The van der Waals surface area contributed by atoms with Crippen molar-refractivity contribution >= 4 is 34.4 Å². The first-order chi connectivity index (χ1) is 18.4. The molecule has 0 radical (unpaired) electrons. The molecule has 4 aromatic rings. The summed E-state index contributed by atoms with van der Waals surface area (Å²) in [5.74, 6) is -0.401. The number of benzene rings is 3. The van der Waals surface area contributed by atoms with Crippen molar-refractivity contribution in [2.45, 2.75) is 6.04 Å². The highest BCUT2D eigenvalue weighted by molar-refractivity contribution is 6.51. The number of hydrogen-bond donors (Lipinski definition) is 2. The number of nitrogens with one attached hydrogen (secondary N) is 1. The number of rotatable bonds is 7. The number of aromatic nitrogens is 2. The van der Waals surface area contributed by atoms with E-state index in [1.165, 1.54) is 26.2 Å². The molecule has 1 aromatic heterocycles. The number of aliphatic hydroxyl groups is 1. The number of imidazole rings is 1. The SMILES string of the molecule is COc1cccc(C2/C(=C(\O)c3c(OC)cccc3OC)C(=O)C(=O)N2c2nc3ccc(OC)cc3[nH]2)c1. The molecule has 1 unspecified atom stereocenters. The third-order valence-corrected chi connectivity index (χ3v) is 6.42. The van der Waals surface area contributed by atoms with E-state index in [2.05, 4.69) is 9.97 Å². The molecule has 5 rings (SSSR count). The summed E-state index contributed by atoms with van der Waals surface area (Å²) >= 11 is 0. The lowest BCUT2D eigenvalue weighted by Crippen LogP contribution is -2.30. The van der Waals surface area contributed by atoms with Crippen molar-refractivity contribution in [3.8, 4) is 23.0 Å². The lowest BCUT2D eigenvalue weighted by atomic mass is 9.94. The highest BCUT2D eigenvalue weighted by Crippen LogP contribution is 2.45. The number of carbonyl (C=O) groups excluding carboxylic acids is 2. The van der Waals surface area contributed by atoms with Gasteiger partial charge in [-0.25, -0.2) is 4.98 Å². The van der Waals surface area contributed by atoms with Gasteiger partial charge in [0.05, 0.1) is 51.1 Å². The van der Waals surface area contributed by atoms with E-state index in [-0.39, 0.29) is 28.6 Å². The molecule has 2 heterocycles. The number of ether oxygens (including phenoxy) is 4. The zero-order valence-corrected chi connectivity index (χ0v) is 21.1. The predicted octanol–water partition coefficient (Wildman–Crippen LogP) is 4.22. The maximum atomic E-state index is 13.6. The van der Waals surface area contributed by atoms with Gasteiger partial charge in [0.1, 0.15) is 34.3 Å². The zero-order chi connectivity index (χ0) is 27.0. The molecule has 10 heteroatoms. The van der Waals surface area contributed by atoms with Crippen molar-refractivity contribution in [3.05, 3.63) is 77.4 Å². The van der Waals surface area contributed by atoms with E-state index < -0.39 is 23.5 Å². The first kappa shape index (κ1) is 24.7. The number of carbonyl (C=O) groups is 2. The molecule has 0 aliphatic carbocycles. The Morgan fingerprint density at radius 3 is 2.18 bits per heavy atom. The second-order valence-corrected chi connectivity index (χ2v) is 8.43. The minimum atomic E-state index is -1.04. The number of amides is 1. The van der Waals surface area contributed by atoms with E-state index in [0.29, 0.717) is 28.1 Å². The van der Waals surface area contributed by atoms with E-state index in [9.17, 15) is 14.7 Å². The van der Waals surface area contributed by atoms with Gasteiger partial charge < -0.3 is 29.0 Å². The fourth-order valence-electron chi connectivity index (χ4n) is 4.61. The maximum absolute atomic E-state index is 13.6. The summed E-state index contributed by atoms with van der Waals surface area (Å²) in [6.07, 6.45) is 0. The summed E-state index contributed by atoms with van der Waals surface area (Å²) in [6, 6.07) is 16.0. The van der Waals surface area contributed by atoms with Gasteiger partial charge >= 0.3 is 5.91 Å². The fraction of sp³-hybridized carbons (Fsp3) is 0.179. The molecule has 1 saturated heterocycles. The quantitative estimate of drug-likeness (QED) is 0.213. The Kier molecular flexibility index (Phi) is 6.38. The van der Waals surface area contributed by atoms with Crippen LogP contribution in [-0.2, 0) is 9.59 Å². The van der Waals surface area contributed by atoms with Crippen molar-refractivity contribution in [1.29, 1.82) is 0 Å². The second kappa shape index (κ2) is 9.81. The topological polar surface area (TPSA) is 123 Å². The lowest BCUT2D eigenvalue weighted by Gasteiger charge is -2.23. The Balaban J connectivity index is 1.77. The number of hydrogen-bond acceptors (Lipinski definition) is 8. The summed E-state index contributed by atoms with van der Waals surface area (Å²) in [4.78, 5) is 36.0. The van der Waals surface area contributed by atoms with Crippen LogP contribution in [0.3, 0.4) is 0 Å². The standard InChI is InChI=1S/C28H25N3O7/c1-35-16-8-5-7-15(13-16)24-23(25(32)22-20(37-3)9-6-10-21(22)38-4)26(33)27(34)31(24)28-29-18-12-11-17(36-2)14-19(18)30-28/h5-14,24,32H,1-4H3,(H,29,30)/b25-23+. The summed E-state index contributed by atoms with van der Waals surface area (Å²) in [6.45, 7) is 0. The van der Waals surface area contributed by atoms with Crippen molar-refractivity contribution < 1.29 is 33.6 Å². The maximum Gasteiger partial charge on any atom is 0.302 e. The summed E-state index contributed by atoms with van der Waals surface area (Å²) in [7, 11) is 5.94. The van der Waals surface area contributed by atoms with Crippen LogP contribution in [0.1, 0.15) is 17.2 Å². The number of Topliss-reactive ketones (excluding diaryl/α,β-unsaturated/α-hetero) is 1. The van der Waals surface area contributed by atoms with Gasteiger partial charge in [0.2, 0.25) is 5.95 Å². The zero-order valence-electron chi connectivity index (χ0n) is 21.1. The number of fused-ring (bicyclic) bond motifs is 1. The van der Waals surface area contributed by atoms with Gasteiger partial charge in [0, 0.05) is 6.07 Å². The number of H-pyrrole nitrogens is 1. The third kappa shape index (κ3) is 3.96. The van der Waals surface area contributed by atoms with Gasteiger partial charge in [0.25, 0.3) is 5.78 Å². The smallest absolute Gasteiger partial charge is 0.302 e. The Bertz CT molecular complexity index is 1570. The molecule has 38 heavy (non-hydrogen) atoms. The molecule has 1 amide bonds. The number of aromatic amines is 1. The molecule has 0 saturated carbocycles. The molecule has 1 atom stereocenters. The molecule has 1 aliphatic rings. The Labute approximate surface area is 218 Å². The normalized spacial score (nSPS) is 16.6.